The van der Waals surface area contributed by atoms with E-state index in [1.165, 1.54) is 4.68 Å². The topological polar surface area (TPSA) is 62.7 Å². The minimum Gasteiger partial charge on any atom is -0.378 e. The van der Waals surface area contributed by atoms with E-state index in [4.69, 9.17) is 0 Å². The Hall–Kier alpha value is -2.04. The largest absolute Gasteiger partial charge is 0.378 e. The number of aromatic nitrogens is 3. The molecule has 1 aromatic heterocycles. The first kappa shape index (κ1) is 13.4. The summed E-state index contributed by atoms with van der Waals surface area (Å²) in [5.41, 5.74) is 0.880. The summed E-state index contributed by atoms with van der Waals surface area (Å²) in [5.74, 6) is 1.23. The van der Waals surface area contributed by atoms with Gasteiger partial charge in [-0.2, -0.15) is 5.10 Å². The van der Waals surface area contributed by atoms with Crippen LogP contribution in [0.5, 0.6) is 0 Å². The highest BCUT2D eigenvalue weighted by Gasteiger charge is 2.05. The number of H-pyrrole nitrogens is 1. The summed E-state index contributed by atoms with van der Waals surface area (Å²) in [7, 11) is 0. The van der Waals surface area contributed by atoms with Crippen LogP contribution in [-0.4, -0.2) is 14.8 Å². The second-order valence-corrected chi connectivity index (χ2v) is 5.00. The molecule has 1 aromatic carbocycles. The third-order valence-corrected chi connectivity index (χ3v) is 2.88. The van der Waals surface area contributed by atoms with Gasteiger partial charge in [0.2, 0.25) is 0 Å². The quantitative estimate of drug-likeness (QED) is 0.837. The zero-order valence-corrected chi connectivity index (χ0v) is 11.4. The summed E-state index contributed by atoms with van der Waals surface area (Å²) < 4.78 is 1.50. The normalized spacial score (nSPS) is 10.9. The van der Waals surface area contributed by atoms with Gasteiger partial charge in [0.1, 0.15) is 5.82 Å². The van der Waals surface area contributed by atoms with Crippen molar-refractivity contribution in [3.63, 3.8) is 0 Å². The molecule has 19 heavy (non-hydrogen) atoms. The van der Waals surface area contributed by atoms with Gasteiger partial charge in [-0.3, -0.25) is 4.98 Å². The Balaban J connectivity index is 1.94. The zero-order valence-electron chi connectivity index (χ0n) is 11.4. The van der Waals surface area contributed by atoms with Crippen LogP contribution >= 0.6 is 0 Å². The number of nitrogens with zero attached hydrogens (tertiary/aromatic N) is 2. The standard InChI is InChI=1S/C14H20N4O/c1-11(2)8-9-18-14(19)16-13(17-18)10-15-12-6-4-3-5-7-12/h3-7,11,15H,8-10H2,1-2H3,(H,16,17,19). The van der Waals surface area contributed by atoms with Gasteiger partial charge in [0.15, 0.2) is 0 Å². The van der Waals surface area contributed by atoms with E-state index in [2.05, 4.69) is 29.2 Å². The van der Waals surface area contributed by atoms with Gasteiger partial charge in [-0.25, -0.2) is 9.48 Å². The minimum absolute atomic E-state index is 0.134. The average Bonchev–Trinajstić information content (AvgIpc) is 2.76. The lowest BCUT2D eigenvalue weighted by molar-refractivity contribution is 0.476. The molecular weight excluding hydrogens is 240 g/mol. The Kier molecular flexibility index (Phi) is 4.39. The lowest BCUT2D eigenvalue weighted by Crippen LogP contribution is -2.18. The second-order valence-electron chi connectivity index (χ2n) is 5.00. The molecule has 0 saturated carbocycles. The number of aromatic amines is 1. The molecule has 2 N–H and O–H groups in total. The predicted octanol–water partition coefficient (Wildman–Crippen LogP) is 2.23. The van der Waals surface area contributed by atoms with Crippen LogP contribution in [0, 0.1) is 5.92 Å². The monoisotopic (exact) mass is 260 g/mol. The van der Waals surface area contributed by atoms with Gasteiger partial charge >= 0.3 is 5.69 Å². The van der Waals surface area contributed by atoms with Crippen molar-refractivity contribution >= 4 is 5.69 Å². The first-order chi connectivity index (χ1) is 9.15. The molecule has 0 unspecified atom stereocenters. The van der Waals surface area contributed by atoms with Crippen LogP contribution in [0.1, 0.15) is 26.1 Å². The first-order valence-corrected chi connectivity index (χ1v) is 6.60. The lowest BCUT2D eigenvalue weighted by atomic mass is 10.1. The molecule has 0 fully saturated rings. The number of hydrogen-bond acceptors (Lipinski definition) is 3. The highest BCUT2D eigenvalue weighted by atomic mass is 16.1. The highest BCUT2D eigenvalue weighted by Crippen LogP contribution is 2.06. The maximum atomic E-state index is 11.7. The van der Waals surface area contributed by atoms with Crippen molar-refractivity contribution in [2.24, 2.45) is 5.92 Å². The molecular formula is C14H20N4O. The molecule has 1 heterocycles. The lowest BCUT2D eigenvalue weighted by Gasteiger charge is -2.03. The number of aryl methyl sites for hydroxylation is 1. The first-order valence-electron chi connectivity index (χ1n) is 6.60. The Morgan fingerprint density at radius 3 is 2.74 bits per heavy atom. The molecule has 0 aliphatic rings. The van der Waals surface area contributed by atoms with E-state index in [-0.39, 0.29) is 5.69 Å². The van der Waals surface area contributed by atoms with Gasteiger partial charge < -0.3 is 5.32 Å². The molecule has 0 atom stereocenters. The van der Waals surface area contributed by atoms with Gasteiger partial charge in [0, 0.05) is 12.2 Å². The van der Waals surface area contributed by atoms with Crippen LogP contribution in [-0.2, 0) is 13.1 Å². The number of rotatable bonds is 6. The maximum Gasteiger partial charge on any atom is 0.343 e. The SMILES string of the molecule is CC(C)CCn1nc(CNc2ccccc2)[nH]c1=O. The molecule has 0 aliphatic heterocycles. The van der Waals surface area contributed by atoms with Crippen LogP contribution in [0.2, 0.25) is 0 Å². The fourth-order valence-corrected chi connectivity index (χ4v) is 1.76. The maximum absolute atomic E-state index is 11.7. The highest BCUT2D eigenvalue weighted by molar-refractivity contribution is 5.42. The molecule has 0 radical (unpaired) electrons. The van der Waals surface area contributed by atoms with Crippen molar-refractivity contribution in [1.29, 1.82) is 0 Å². The molecule has 0 amide bonds. The molecule has 0 spiro atoms. The molecule has 102 valence electrons. The van der Waals surface area contributed by atoms with Gasteiger partial charge in [0.25, 0.3) is 0 Å². The van der Waals surface area contributed by atoms with Crippen molar-refractivity contribution in [2.75, 3.05) is 5.32 Å². The van der Waals surface area contributed by atoms with Crippen LogP contribution in [0.3, 0.4) is 0 Å². The predicted molar refractivity (Wildman–Crippen MR) is 76.1 cm³/mol. The van der Waals surface area contributed by atoms with E-state index < -0.39 is 0 Å². The summed E-state index contributed by atoms with van der Waals surface area (Å²) in [4.78, 5) is 14.5. The number of anilines is 1. The van der Waals surface area contributed by atoms with Crippen molar-refractivity contribution in [2.45, 2.75) is 33.4 Å². The van der Waals surface area contributed by atoms with E-state index in [0.717, 1.165) is 12.1 Å². The zero-order chi connectivity index (χ0) is 13.7. The number of para-hydroxylation sites is 1. The third-order valence-electron chi connectivity index (χ3n) is 2.88. The molecule has 0 saturated heterocycles. The molecule has 5 heteroatoms. The van der Waals surface area contributed by atoms with Gasteiger partial charge in [-0.1, -0.05) is 32.0 Å². The summed E-state index contributed by atoms with van der Waals surface area (Å²) in [6.07, 6.45) is 0.955. The van der Waals surface area contributed by atoms with Crippen molar-refractivity contribution in [3.05, 3.63) is 46.6 Å². The fourth-order valence-electron chi connectivity index (χ4n) is 1.76. The van der Waals surface area contributed by atoms with Crippen molar-refractivity contribution in [3.8, 4) is 0 Å². The fraction of sp³-hybridized carbons (Fsp3) is 0.429. The van der Waals surface area contributed by atoms with Crippen LogP contribution in [0.15, 0.2) is 35.1 Å². The Morgan fingerprint density at radius 2 is 2.05 bits per heavy atom. The summed E-state index contributed by atoms with van der Waals surface area (Å²) in [6, 6.07) is 9.86. The number of nitrogens with one attached hydrogen (secondary N) is 2. The van der Waals surface area contributed by atoms with Crippen LogP contribution in [0.4, 0.5) is 5.69 Å². The summed E-state index contributed by atoms with van der Waals surface area (Å²) in [6.45, 7) is 5.46. The average molecular weight is 260 g/mol. The molecule has 5 nitrogen and oxygen atoms in total. The molecule has 2 rings (SSSR count). The van der Waals surface area contributed by atoms with Gasteiger partial charge in [-0.15, -0.1) is 0 Å². The molecule has 0 aliphatic carbocycles. The number of benzene rings is 1. The third kappa shape index (κ3) is 3.98. The Morgan fingerprint density at radius 1 is 1.32 bits per heavy atom. The van der Waals surface area contributed by atoms with Crippen LogP contribution < -0.4 is 11.0 Å². The van der Waals surface area contributed by atoms with Crippen molar-refractivity contribution < 1.29 is 0 Å². The minimum atomic E-state index is -0.134. The number of hydrogen-bond donors (Lipinski definition) is 2. The van der Waals surface area contributed by atoms with E-state index >= 15 is 0 Å². The van der Waals surface area contributed by atoms with E-state index in [0.29, 0.717) is 24.8 Å². The Labute approximate surface area is 112 Å². The summed E-state index contributed by atoms with van der Waals surface area (Å²) in [5, 5.41) is 7.50. The summed E-state index contributed by atoms with van der Waals surface area (Å²) >= 11 is 0. The molecule has 2 aromatic rings. The van der Waals surface area contributed by atoms with Gasteiger partial charge in [-0.05, 0) is 24.5 Å². The van der Waals surface area contributed by atoms with Crippen molar-refractivity contribution in [1.82, 2.24) is 14.8 Å². The van der Waals surface area contributed by atoms with Gasteiger partial charge in [0.05, 0.1) is 6.54 Å². The Bertz CT molecular complexity index is 556. The van der Waals surface area contributed by atoms with Crippen LogP contribution in [0.25, 0.3) is 0 Å². The van der Waals surface area contributed by atoms with E-state index in [1.807, 2.05) is 30.3 Å². The smallest absolute Gasteiger partial charge is 0.343 e. The van der Waals surface area contributed by atoms with E-state index in [9.17, 15) is 4.79 Å². The second kappa shape index (κ2) is 6.22. The van der Waals surface area contributed by atoms with E-state index in [1.54, 1.807) is 0 Å². The molecule has 0 bridgehead atoms.